The van der Waals surface area contributed by atoms with Crippen LogP contribution in [0.1, 0.15) is 30.9 Å². The predicted molar refractivity (Wildman–Crippen MR) is 116 cm³/mol. The van der Waals surface area contributed by atoms with Crippen LogP contribution in [0.25, 0.3) is 0 Å². The third-order valence-electron chi connectivity index (χ3n) is 4.83. The van der Waals surface area contributed by atoms with E-state index in [4.69, 9.17) is 23.2 Å². The lowest BCUT2D eigenvalue weighted by molar-refractivity contribution is 0.363. The van der Waals surface area contributed by atoms with Crippen molar-refractivity contribution in [2.24, 2.45) is 0 Å². The summed E-state index contributed by atoms with van der Waals surface area (Å²) in [5.41, 5.74) is 1.70. The van der Waals surface area contributed by atoms with Gasteiger partial charge in [0.15, 0.2) is 0 Å². The van der Waals surface area contributed by atoms with Crippen molar-refractivity contribution in [3.05, 3.63) is 58.1 Å². The second-order valence-electron chi connectivity index (χ2n) is 7.41. The van der Waals surface area contributed by atoms with Crippen LogP contribution >= 0.6 is 23.2 Å². The smallest absolute Gasteiger partial charge is 0.241 e. The molecule has 2 aromatic rings. The minimum absolute atomic E-state index is 0.232. The highest BCUT2D eigenvalue weighted by Gasteiger charge is 2.23. The van der Waals surface area contributed by atoms with Gasteiger partial charge in [-0.1, -0.05) is 29.3 Å². The number of hydrogen-bond acceptors (Lipinski definition) is 4. The van der Waals surface area contributed by atoms with E-state index in [0.29, 0.717) is 22.6 Å². The normalized spacial score (nSPS) is 16.0. The van der Waals surface area contributed by atoms with Gasteiger partial charge in [0.1, 0.15) is 0 Å². The maximum absolute atomic E-state index is 12.9. The molecule has 0 spiro atoms. The molecule has 0 bridgehead atoms. The second kappa shape index (κ2) is 9.01. The van der Waals surface area contributed by atoms with E-state index in [1.165, 1.54) is 6.42 Å². The molecule has 0 saturated heterocycles. The molecule has 1 aliphatic rings. The van der Waals surface area contributed by atoms with Crippen LogP contribution in [0.4, 0.5) is 5.69 Å². The number of sulfonamides is 1. The molecule has 3 rings (SSSR count). The Balaban J connectivity index is 1.78. The van der Waals surface area contributed by atoms with Crippen molar-refractivity contribution < 1.29 is 8.42 Å². The van der Waals surface area contributed by atoms with Crippen LogP contribution in [-0.4, -0.2) is 40.0 Å². The first-order valence-electron chi connectivity index (χ1n) is 9.23. The number of nitrogens with one attached hydrogen (secondary N) is 2. The average molecular weight is 442 g/mol. The van der Waals surface area contributed by atoms with Gasteiger partial charge in [0, 0.05) is 18.3 Å². The van der Waals surface area contributed by atoms with E-state index in [1.54, 1.807) is 30.3 Å². The van der Waals surface area contributed by atoms with Gasteiger partial charge in [-0.05, 0) is 75.3 Å². The highest BCUT2D eigenvalue weighted by molar-refractivity contribution is 7.89. The molecule has 1 aliphatic carbocycles. The standard InChI is InChI=1S/C20H25Cl2N3O2S/c1-25(2)13-20(14-6-11-18(21)19(22)12-14)24-28(26,27)17-9-7-16(8-10-17)23-15-4-3-5-15/h6-12,15,20,23-24H,3-5,13H2,1-2H3. The quantitative estimate of drug-likeness (QED) is 0.630. The average Bonchev–Trinajstić information content (AvgIpc) is 2.60. The molecule has 0 heterocycles. The zero-order valence-corrected chi connectivity index (χ0v) is 18.3. The van der Waals surface area contributed by atoms with Gasteiger partial charge in [-0.25, -0.2) is 13.1 Å². The maximum Gasteiger partial charge on any atom is 0.241 e. The van der Waals surface area contributed by atoms with E-state index in [1.807, 2.05) is 31.1 Å². The van der Waals surface area contributed by atoms with E-state index in [-0.39, 0.29) is 4.90 Å². The zero-order valence-electron chi connectivity index (χ0n) is 16.0. The minimum Gasteiger partial charge on any atom is -0.382 e. The first-order chi connectivity index (χ1) is 13.2. The zero-order chi connectivity index (χ0) is 20.3. The first-order valence-corrected chi connectivity index (χ1v) is 11.5. The third-order valence-corrected chi connectivity index (χ3v) is 7.06. The lowest BCUT2D eigenvalue weighted by Gasteiger charge is -2.27. The number of likely N-dealkylation sites (N-methyl/N-ethyl adjacent to an activating group) is 1. The van der Waals surface area contributed by atoms with Crippen molar-refractivity contribution in [3.8, 4) is 0 Å². The number of hydrogen-bond donors (Lipinski definition) is 2. The van der Waals surface area contributed by atoms with Gasteiger partial charge in [0.25, 0.3) is 0 Å². The predicted octanol–water partition coefficient (Wildman–Crippen LogP) is 4.54. The summed E-state index contributed by atoms with van der Waals surface area (Å²) in [5, 5.41) is 4.25. The molecule has 1 atom stereocenters. The lowest BCUT2D eigenvalue weighted by Crippen LogP contribution is -2.35. The van der Waals surface area contributed by atoms with Crippen molar-refractivity contribution in [2.75, 3.05) is 26.0 Å². The molecule has 8 heteroatoms. The van der Waals surface area contributed by atoms with E-state index < -0.39 is 16.1 Å². The van der Waals surface area contributed by atoms with Gasteiger partial charge in [-0.2, -0.15) is 0 Å². The molecule has 1 saturated carbocycles. The fraction of sp³-hybridized carbons (Fsp3) is 0.400. The van der Waals surface area contributed by atoms with Crippen LogP contribution in [0.15, 0.2) is 47.4 Å². The molecule has 28 heavy (non-hydrogen) atoms. The van der Waals surface area contributed by atoms with Crippen molar-refractivity contribution in [2.45, 2.75) is 36.2 Å². The van der Waals surface area contributed by atoms with Crippen LogP contribution in [0.2, 0.25) is 10.0 Å². The molecule has 1 unspecified atom stereocenters. The van der Waals surface area contributed by atoms with E-state index in [0.717, 1.165) is 24.1 Å². The first kappa shape index (κ1) is 21.4. The molecule has 152 valence electrons. The highest BCUT2D eigenvalue weighted by atomic mass is 35.5. The number of halogens is 2. The summed E-state index contributed by atoms with van der Waals surface area (Å²) < 4.78 is 28.7. The van der Waals surface area contributed by atoms with Crippen molar-refractivity contribution in [1.29, 1.82) is 0 Å². The molecule has 0 aliphatic heterocycles. The molecule has 5 nitrogen and oxygen atoms in total. The van der Waals surface area contributed by atoms with Gasteiger partial charge >= 0.3 is 0 Å². The fourth-order valence-corrected chi connectivity index (χ4v) is 4.60. The van der Waals surface area contributed by atoms with Crippen LogP contribution in [0.5, 0.6) is 0 Å². The van der Waals surface area contributed by atoms with Crippen molar-refractivity contribution >= 4 is 38.9 Å². The molecule has 0 amide bonds. The highest BCUT2D eigenvalue weighted by Crippen LogP contribution is 2.28. The molecule has 2 aromatic carbocycles. The van der Waals surface area contributed by atoms with Gasteiger partial charge in [-0.15, -0.1) is 0 Å². The Morgan fingerprint density at radius 1 is 1.07 bits per heavy atom. The molecule has 0 radical (unpaired) electrons. The summed E-state index contributed by atoms with van der Waals surface area (Å²) in [6.45, 7) is 0.485. The van der Waals surface area contributed by atoms with Crippen LogP contribution in [0.3, 0.4) is 0 Å². The van der Waals surface area contributed by atoms with E-state index in [2.05, 4.69) is 10.0 Å². The number of nitrogens with zero attached hydrogens (tertiary/aromatic N) is 1. The maximum atomic E-state index is 12.9. The molecule has 0 aromatic heterocycles. The Morgan fingerprint density at radius 2 is 1.75 bits per heavy atom. The topological polar surface area (TPSA) is 61.4 Å². The van der Waals surface area contributed by atoms with Gasteiger partial charge < -0.3 is 10.2 Å². The molecular weight excluding hydrogens is 417 g/mol. The Bertz CT molecular complexity index is 914. The van der Waals surface area contributed by atoms with Crippen molar-refractivity contribution in [3.63, 3.8) is 0 Å². The largest absolute Gasteiger partial charge is 0.382 e. The second-order valence-corrected chi connectivity index (χ2v) is 9.93. The summed E-state index contributed by atoms with van der Waals surface area (Å²) in [5.74, 6) is 0. The SMILES string of the molecule is CN(C)CC(NS(=O)(=O)c1ccc(NC2CCC2)cc1)c1ccc(Cl)c(Cl)c1. The Labute approximate surface area is 177 Å². The van der Waals surface area contributed by atoms with E-state index >= 15 is 0 Å². The van der Waals surface area contributed by atoms with Crippen LogP contribution in [0, 0.1) is 0 Å². The van der Waals surface area contributed by atoms with E-state index in [9.17, 15) is 8.42 Å². The number of anilines is 1. The summed E-state index contributed by atoms with van der Waals surface area (Å²) in [4.78, 5) is 2.15. The lowest BCUT2D eigenvalue weighted by atomic mass is 9.93. The fourth-order valence-electron chi connectivity index (χ4n) is 3.08. The van der Waals surface area contributed by atoms with Crippen LogP contribution < -0.4 is 10.0 Å². The number of rotatable bonds is 8. The number of benzene rings is 2. The summed E-state index contributed by atoms with van der Waals surface area (Å²) in [6.07, 6.45) is 3.57. The van der Waals surface area contributed by atoms with Gasteiger partial charge in [0.05, 0.1) is 21.0 Å². The van der Waals surface area contributed by atoms with Gasteiger partial charge in [-0.3, -0.25) is 0 Å². The molecule has 1 fully saturated rings. The monoisotopic (exact) mass is 441 g/mol. The Morgan fingerprint density at radius 3 is 2.29 bits per heavy atom. The summed E-state index contributed by atoms with van der Waals surface area (Å²) >= 11 is 12.1. The summed E-state index contributed by atoms with van der Waals surface area (Å²) in [7, 11) is 0.0837. The molecule has 2 N–H and O–H groups in total. The summed E-state index contributed by atoms with van der Waals surface area (Å²) in [6, 6.07) is 12.1. The van der Waals surface area contributed by atoms with Gasteiger partial charge in [0.2, 0.25) is 10.0 Å². The molecular formula is C20H25Cl2N3O2S. The van der Waals surface area contributed by atoms with Crippen molar-refractivity contribution in [1.82, 2.24) is 9.62 Å². The Kier molecular flexibility index (Phi) is 6.89. The van der Waals surface area contributed by atoms with Crippen LogP contribution in [-0.2, 0) is 10.0 Å². The third kappa shape index (κ3) is 5.39. The minimum atomic E-state index is -3.69. The Hall–Kier alpha value is -1.31.